The van der Waals surface area contributed by atoms with Gasteiger partial charge < -0.3 is 5.32 Å². The van der Waals surface area contributed by atoms with E-state index in [1.54, 1.807) is 11.3 Å². The molecule has 0 saturated carbocycles. The molecular weight excluding hydrogens is 269 g/mol. The maximum Gasteiger partial charge on any atom is 0.0606 e. The molecule has 0 aliphatic carbocycles. The van der Waals surface area contributed by atoms with Crippen LogP contribution in [0.25, 0.3) is 0 Å². The first kappa shape index (κ1) is 9.22. The number of hydrogen-bond acceptors (Lipinski definition) is 2. The lowest BCUT2D eigenvalue weighted by molar-refractivity contribution is 0.726. The first-order valence-corrected chi connectivity index (χ1v) is 5.28. The first-order valence-electron chi connectivity index (χ1n) is 3.32. The second kappa shape index (κ2) is 4.23. The average Bonchev–Trinajstić information content (AvgIpc) is 2.40. The van der Waals surface area contributed by atoms with Gasteiger partial charge in [-0.05, 0) is 41.1 Å². The molecule has 1 aromatic heterocycles. The smallest absolute Gasteiger partial charge is 0.0606 e. The first-order chi connectivity index (χ1) is 5.29. The Balaban J connectivity index is 2.89. The fourth-order valence-corrected chi connectivity index (χ4v) is 2.92. The summed E-state index contributed by atoms with van der Waals surface area (Å²) in [4.78, 5) is 1.35. The second-order valence-corrected chi connectivity index (χ2v) is 4.24. The fraction of sp³-hybridized carbons (Fsp3) is 0.250. The lowest BCUT2D eigenvalue weighted by atomic mass is 10.2. The summed E-state index contributed by atoms with van der Waals surface area (Å²) in [5, 5.41) is 5.28. The van der Waals surface area contributed by atoms with Crippen molar-refractivity contribution in [2.24, 2.45) is 0 Å². The van der Waals surface area contributed by atoms with E-state index in [1.807, 2.05) is 13.1 Å². The van der Waals surface area contributed by atoms with E-state index in [0.717, 1.165) is 0 Å². The van der Waals surface area contributed by atoms with Gasteiger partial charge in [-0.2, -0.15) is 0 Å². The van der Waals surface area contributed by atoms with Gasteiger partial charge in [0.1, 0.15) is 0 Å². The Labute approximate surface area is 84.7 Å². The molecule has 0 aliphatic rings. The van der Waals surface area contributed by atoms with Crippen LogP contribution in [0.5, 0.6) is 0 Å². The molecule has 11 heavy (non-hydrogen) atoms. The average molecular weight is 279 g/mol. The molecule has 3 heteroatoms. The summed E-state index contributed by atoms with van der Waals surface area (Å²) >= 11 is 4.11. The highest BCUT2D eigenvalue weighted by Gasteiger charge is 2.08. The second-order valence-electron chi connectivity index (χ2n) is 2.13. The highest BCUT2D eigenvalue weighted by Crippen LogP contribution is 2.25. The molecule has 0 amide bonds. The minimum Gasteiger partial charge on any atom is -0.309 e. The van der Waals surface area contributed by atoms with Crippen molar-refractivity contribution in [2.75, 3.05) is 7.05 Å². The zero-order valence-corrected chi connectivity index (χ0v) is 9.28. The van der Waals surface area contributed by atoms with Gasteiger partial charge in [0.2, 0.25) is 0 Å². The largest absolute Gasteiger partial charge is 0.309 e. The van der Waals surface area contributed by atoms with Crippen LogP contribution in [-0.4, -0.2) is 7.05 Å². The van der Waals surface area contributed by atoms with Crippen molar-refractivity contribution >= 4 is 33.9 Å². The number of thiophene rings is 1. The van der Waals surface area contributed by atoms with Gasteiger partial charge in [-0.3, -0.25) is 0 Å². The predicted molar refractivity (Wildman–Crippen MR) is 59.0 cm³/mol. The summed E-state index contributed by atoms with van der Waals surface area (Å²) < 4.78 is 1.31. The molecule has 1 atom stereocenters. The minimum absolute atomic E-state index is 0.307. The minimum atomic E-state index is 0.307. The van der Waals surface area contributed by atoms with E-state index in [2.05, 4.69) is 45.9 Å². The zero-order chi connectivity index (χ0) is 8.27. The molecule has 0 saturated heterocycles. The number of rotatable bonds is 3. The molecule has 1 N–H and O–H groups in total. The summed E-state index contributed by atoms with van der Waals surface area (Å²) in [5.41, 5.74) is 0. The molecule has 1 unspecified atom stereocenters. The van der Waals surface area contributed by atoms with Gasteiger partial charge in [-0.1, -0.05) is 6.08 Å². The molecule has 0 aromatic carbocycles. The summed E-state index contributed by atoms with van der Waals surface area (Å²) in [6, 6.07) is 2.43. The van der Waals surface area contributed by atoms with E-state index in [1.165, 1.54) is 8.45 Å². The summed E-state index contributed by atoms with van der Waals surface area (Å²) in [5.74, 6) is 0. The molecule has 1 nitrogen and oxygen atoms in total. The molecule has 0 radical (unpaired) electrons. The van der Waals surface area contributed by atoms with Crippen LogP contribution in [0.2, 0.25) is 0 Å². The SMILES string of the molecule is C=CC(NC)c1sccc1I. The van der Waals surface area contributed by atoms with Crippen molar-refractivity contribution < 1.29 is 0 Å². The van der Waals surface area contributed by atoms with Crippen LogP contribution in [-0.2, 0) is 0 Å². The van der Waals surface area contributed by atoms with Crippen molar-refractivity contribution in [2.45, 2.75) is 6.04 Å². The molecule has 0 bridgehead atoms. The normalized spacial score (nSPS) is 12.9. The van der Waals surface area contributed by atoms with Gasteiger partial charge in [-0.25, -0.2) is 0 Å². The lowest BCUT2D eigenvalue weighted by Gasteiger charge is -2.08. The van der Waals surface area contributed by atoms with Crippen LogP contribution < -0.4 is 5.32 Å². The predicted octanol–water partition coefficient (Wildman–Crippen LogP) is 2.80. The molecule has 0 spiro atoms. The van der Waals surface area contributed by atoms with Gasteiger partial charge in [0.05, 0.1) is 6.04 Å². The van der Waals surface area contributed by atoms with E-state index in [-0.39, 0.29) is 0 Å². The van der Waals surface area contributed by atoms with Crippen molar-refractivity contribution in [3.63, 3.8) is 0 Å². The summed E-state index contributed by atoms with van der Waals surface area (Å²) in [6.45, 7) is 3.77. The van der Waals surface area contributed by atoms with Crippen LogP contribution in [0, 0.1) is 3.57 Å². The molecule has 1 aromatic rings. The van der Waals surface area contributed by atoms with Gasteiger partial charge in [0, 0.05) is 8.45 Å². The van der Waals surface area contributed by atoms with E-state index < -0.39 is 0 Å². The quantitative estimate of drug-likeness (QED) is 0.662. The van der Waals surface area contributed by atoms with Gasteiger partial charge in [0.15, 0.2) is 0 Å². The van der Waals surface area contributed by atoms with Crippen LogP contribution in [0.15, 0.2) is 24.1 Å². The Morgan fingerprint density at radius 3 is 2.91 bits per heavy atom. The lowest BCUT2D eigenvalue weighted by Crippen LogP contribution is -2.12. The molecule has 1 heterocycles. The maximum absolute atomic E-state index is 3.77. The number of likely N-dealkylation sites (N-methyl/N-ethyl adjacent to an activating group) is 1. The van der Waals surface area contributed by atoms with Gasteiger partial charge in [-0.15, -0.1) is 17.9 Å². The molecule has 1 rings (SSSR count). The van der Waals surface area contributed by atoms with Crippen molar-refractivity contribution in [3.05, 3.63) is 32.5 Å². The van der Waals surface area contributed by atoms with Crippen LogP contribution in [0.3, 0.4) is 0 Å². The topological polar surface area (TPSA) is 12.0 Å². The third kappa shape index (κ3) is 2.04. The van der Waals surface area contributed by atoms with Crippen molar-refractivity contribution in [1.29, 1.82) is 0 Å². The Kier molecular flexibility index (Phi) is 3.54. The van der Waals surface area contributed by atoms with Crippen LogP contribution in [0.4, 0.5) is 0 Å². The molecule has 0 aliphatic heterocycles. The Hall–Kier alpha value is 0.130. The standard InChI is InChI=1S/C8H10INS/c1-3-7(10-2)8-6(9)4-5-11-8/h3-5,7,10H,1H2,2H3. The van der Waals surface area contributed by atoms with Crippen LogP contribution >= 0.6 is 33.9 Å². The molecule has 0 fully saturated rings. The van der Waals surface area contributed by atoms with E-state index in [9.17, 15) is 0 Å². The number of halogens is 1. The fourth-order valence-electron chi connectivity index (χ4n) is 0.883. The summed E-state index contributed by atoms with van der Waals surface area (Å²) in [6.07, 6.45) is 1.92. The molecule has 60 valence electrons. The Morgan fingerprint density at radius 1 is 1.82 bits per heavy atom. The third-order valence-electron chi connectivity index (χ3n) is 1.47. The van der Waals surface area contributed by atoms with Gasteiger partial charge >= 0.3 is 0 Å². The van der Waals surface area contributed by atoms with Gasteiger partial charge in [0.25, 0.3) is 0 Å². The highest BCUT2D eigenvalue weighted by atomic mass is 127. The van der Waals surface area contributed by atoms with Crippen molar-refractivity contribution in [3.8, 4) is 0 Å². The Bertz CT molecular complexity index is 244. The maximum atomic E-state index is 3.77. The monoisotopic (exact) mass is 279 g/mol. The summed E-state index contributed by atoms with van der Waals surface area (Å²) in [7, 11) is 1.95. The van der Waals surface area contributed by atoms with E-state index in [4.69, 9.17) is 0 Å². The Morgan fingerprint density at radius 2 is 2.55 bits per heavy atom. The molecular formula is C8H10INS. The van der Waals surface area contributed by atoms with E-state index in [0.29, 0.717) is 6.04 Å². The highest BCUT2D eigenvalue weighted by molar-refractivity contribution is 14.1. The van der Waals surface area contributed by atoms with Crippen LogP contribution in [0.1, 0.15) is 10.9 Å². The number of hydrogen-bond donors (Lipinski definition) is 1. The van der Waals surface area contributed by atoms with Crippen molar-refractivity contribution in [1.82, 2.24) is 5.32 Å². The van der Waals surface area contributed by atoms with E-state index >= 15 is 0 Å². The third-order valence-corrected chi connectivity index (χ3v) is 3.78. The zero-order valence-electron chi connectivity index (χ0n) is 6.30. The number of nitrogens with one attached hydrogen (secondary N) is 1.